The highest BCUT2D eigenvalue weighted by Crippen LogP contribution is 2.23. The molecule has 0 amide bonds. The van der Waals surface area contributed by atoms with Gasteiger partial charge in [-0.15, -0.1) is 13.2 Å². The van der Waals surface area contributed by atoms with Crippen LogP contribution in [0.15, 0.2) is 142 Å². The third-order valence-electron chi connectivity index (χ3n) is 15.0. The summed E-state index contributed by atoms with van der Waals surface area (Å²) in [4.78, 5) is 8.19. The average Bonchev–Trinajstić information content (AvgIpc) is 0.822. The number of rotatable bonds is 52. The zero-order chi connectivity index (χ0) is 71.2. The fourth-order valence-electron chi connectivity index (χ4n) is 9.20. The minimum absolute atomic E-state index is 0.00461. The van der Waals surface area contributed by atoms with Crippen molar-refractivity contribution in [2.75, 3.05) is 227 Å². The first-order valence-electron chi connectivity index (χ1n) is 32.8. The fourth-order valence-corrected chi connectivity index (χ4v) is 14.9. The summed E-state index contributed by atoms with van der Waals surface area (Å²) in [6.45, 7) is 25.4. The first-order valence-corrected chi connectivity index (χ1v) is 38.6. The third kappa shape index (κ3) is 33.1. The van der Waals surface area contributed by atoms with E-state index in [1.165, 1.54) is 71.8 Å². The Kier molecular flexibility index (Phi) is 41.1. The molecule has 0 aliphatic carbocycles. The number of benzene rings is 4. The Bertz CT molecular complexity index is 3240. The summed E-state index contributed by atoms with van der Waals surface area (Å²) in [5.41, 5.74) is 3.45. The van der Waals surface area contributed by atoms with Gasteiger partial charge >= 0.3 is 0 Å². The molecule has 28 heteroatoms. The number of nitrogens with one attached hydrogen (secondary N) is 4. The van der Waals surface area contributed by atoms with Crippen LogP contribution in [-0.2, 0) is 59.0 Å². The Hall–Kier alpha value is -4.48. The first-order chi connectivity index (χ1) is 45.5. The van der Waals surface area contributed by atoms with E-state index in [1.54, 1.807) is 54.6 Å². The van der Waals surface area contributed by atoms with Gasteiger partial charge in [-0.1, -0.05) is 82.9 Å². The number of hydrogen-bond donors (Lipinski definition) is 4. The van der Waals surface area contributed by atoms with Crippen molar-refractivity contribution >= 4 is 40.1 Å². The van der Waals surface area contributed by atoms with E-state index < -0.39 is 46.2 Å². The molecule has 0 heterocycles. The van der Waals surface area contributed by atoms with Crippen LogP contribution in [0.25, 0.3) is 0 Å². The van der Waals surface area contributed by atoms with Gasteiger partial charge in [-0.25, -0.2) is 33.7 Å². The van der Waals surface area contributed by atoms with E-state index in [2.05, 4.69) is 72.4 Å². The van der Waals surface area contributed by atoms with Gasteiger partial charge in [0.25, 0.3) is 0 Å². The quantitative estimate of drug-likeness (QED) is 0.0363. The number of ether oxygens (including phenoxy) is 4. The molecule has 4 aromatic rings. The third-order valence-corrected chi connectivity index (χ3v) is 22.7. The van der Waals surface area contributed by atoms with Crippen molar-refractivity contribution in [2.45, 2.75) is 59.5 Å². The SMILES string of the molecule is C=CCOCC(CN(CCN(CCN(C)C)S(=O)(=O)c1ccc(C)cc1)S(=O)(=O)c1ccc(C)cc1)OCCN(CCN(CCN(C)C)S(=O)(=O)c1ccc(C)cc1)S(=O)(=O)c1ccc(C)cc1.C=CCOCC(CNCCNCCN(C)C)OCCNCCNCCN(C)C. The highest BCUT2D eigenvalue weighted by molar-refractivity contribution is 7.90. The predicted molar refractivity (Wildman–Crippen MR) is 387 cm³/mol. The van der Waals surface area contributed by atoms with Gasteiger partial charge < -0.3 is 59.8 Å². The van der Waals surface area contributed by atoms with Gasteiger partial charge in [0.1, 0.15) is 0 Å². The molecule has 0 bridgehead atoms. The van der Waals surface area contributed by atoms with Crippen molar-refractivity contribution in [1.82, 2.24) is 58.1 Å². The average molecular weight is 1420 g/mol. The van der Waals surface area contributed by atoms with Crippen molar-refractivity contribution < 1.29 is 52.6 Å². The largest absolute Gasteiger partial charge is 0.375 e. The molecule has 24 nitrogen and oxygen atoms in total. The van der Waals surface area contributed by atoms with Crippen LogP contribution in [0.3, 0.4) is 0 Å². The summed E-state index contributed by atoms with van der Waals surface area (Å²) < 4.78 is 143. The Morgan fingerprint density at radius 3 is 1.00 bits per heavy atom. The molecule has 0 aromatic heterocycles. The number of sulfonamides is 4. The lowest BCUT2D eigenvalue weighted by molar-refractivity contribution is -0.0202. The zero-order valence-electron chi connectivity index (χ0n) is 59.5. The Labute approximate surface area is 578 Å². The lowest BCUT2D eigenvalue weighted by Gasteiger charge is -2.31. The molecule has 0 saturated heterocycles. The lowest BCUT2D eigenvalue weighted by Crippen LogP contribution is -2.47. The summed E-state index contributed by atoms with van der Waals surface area (Å²) in [6.07, 6.45) is 2.37. The number of nitrogens with zero attached hydrogens (tertiary/aromatic N) is 8. The van der Waals surface area contributed by atoms with E-state index in [0.29, 0.717) is 32.9 Å². The molecule has 4 aromatic carbocycles. The van der Waals surface area contributed by atoms with Crippen LogP contribution in [-0.4, -0.2) is 310 Å². The summed E-state index contributed by atoms with van der Waals surface area (Å²) in [7, 11) is -1.02. The molecule has 4 rings (SSSR count). The van der Waals surface area contributed by atoms with Gasteiger partial charge in [0, 0.05) is 131 Å². The number of likely N-dealkylation sites (N-methyl/N-ethyl adjacent to an activating group) is 4. The van der Waals surface area contributed by atoms with Crippen molar-refractivity contribution in [3.05, 3.63) is 145 Å². The van der Waals surface area contributed by atoms with Gasteiger partial charge in [-0.05, 0) is 133 Å². The molecule has 0 saturated carbocycles. The summed E-state index contributed by atoms with van der Waals surface area (Å²) in [5, 5.41) is 13.7. The van der Waals surface area contributed by atoms with Crippen molar-refractivity contribution in [3.8, 4) is 0 Å². The van der Waals surface area contributed by atoms with Crippen LogP contribution < -0.4 is 21.3 Å². The maximum absolute atomic E-state index is 14.6. The Morgan fingerprint density at radius 1 is 0.354 bits per heavy atom. The maximum Gasteiger partial charge on any atom is 0.243 e. The topological polar surface area (TPSA) is 248 Å². The number of aryl methyl sites for hydroxylation is 4. The second kappa shape index (κ2) is 46.0. The fraction of sp³-hybridized carbons (Fsp3) is 0.588. The molecular weight excluding hydrogens is 1310 g/mol. The normalized spacial score (nSPS) is 13.2. The summed E-state index contributed by atoms with van der Waals surface area (Å²) in [5.74, 6) is 0. The molecule has 0 radical (unpaired) electrons. The molecule has 2 unspecified atom stereocenters. The Morgan fingerprint density at radius 2 is 0.646 bits per heavy atom. The standard InChI is InChI=1S/C48H70N6O10S4.C20H46N6O2/c1-10-36-63-39-44(38-54(68(61,62)48-25-17-43(5)18-26-48)34-33-52(30-28-50(8)9)66(57,58)46-21-13-41(3)14-22-46)64-37-35-53(67(59,60)47-23-15-42(4)16-24-47)32-31-51(29-27-49(6)7)65(55,56)45-19-11-40(2)12-20-45;1-6-16-27-19-20(18-24-10-9-22-12-15-26(4)5)28-17-13-23-8-7-21-11-14-25(2)3/h10-26,44H,1,27-39H2,2-9H3;6,20-24H,1,7-19H2,2-5H3. The van der Waals surface area contributed by atoms with Crippen molar-refractivity contribution in [2.24, 2.45) is 0 Å². The predicted octanol–water partition coefficient (Wildman–Crippen LogP) is 3.75. The van der Waals surface area contributed by atoms with Crippen LogP contribution in [0.2, 0.25) is 0 Å². The second-order valence-electron chi connectivity index (χ2n) is 24.6. The van der Waals surface area contributed by atoms with Crippen LogP contribution in [0.4, 0.5) is 0 Å². The zero-order valence-corrected chi connectivity index (χ0v) is 62.7. The Balaban J connectivity index is 0.000000719. The first kappa shape index (κ1) is 85.7. The molecular formula is C68H116N12O12S4. The van der Waals surface area contributed by atoms with Gasteiger partial charge in [-0.2, -0.15) is 17.2 Å². The highest BCUT2D eigenvalue weighted by atomic mass is 32.2. The van der Waals surface area contributed by atoms with E-state index in [1.807, 2.05) is 65.7 Å². The van der Waals surface area contributed by atoms with Crippen molar-refractivity contribution in [1.29, 1.82) is 0 Å². The molecule has 0 aliphatic heterocycles. The van der Waals surface area contributed by atoms with E-state index in [0.717, 1.165) is 87.7 Å². The van der Waals surface area contributed by atoms with Gasteiger partial charge in [0.2, 0.25) is 40.1 Å². The molecule has 2 atom stereocenters. The van der Waals surface area contributed by atoms with Gasteiger partial charge in [-0.3, -0.25) is 0 Å². The van der Waals surface area contributed by atoms with Crippen LogP contribution in [0, 0.1) is 27.7 Å². The van der Waals surface area contributed by atoms with E-state index in [9.17, 15) is 33.7 Å². The van der Waals surface area contributed by atoms with Crippen molar-refractivity contribution in [3.63, 3.8) is 0 Å². The minimum atomic E-state index is -4.29. The number of hydrogen-bond acceptors (Lipinski definition) is 20. The smallest absolute Gasteiger partial charge is 0.243 e. The maximum atomic E-state index is 14.6. The second-order valence-corrected chi connectivity index (χ2v) is 32.4. The molecule has 544 valence electrons. The van der Waals surface area contributed by atoms with E-state index >= 15 is 0 Å². The lowest BCUT2D eigenvalue weighted by atomic mass is 10.2. The van der Waals surface area contributed by atoms with Crippen LogP contribution in [0.1, 0.15) is 22.3 Å². The molecule has 96 heavy (non-hydrogen) atoms. The van der Waals surface area contributed by atoms with Gasteiger partial charge in [0.05, 0.1) is 71.4 Å². The minimum Gasteiger partial charge on any atom is -0.375 e. The van der Waals surface area contributed by atoms with E-state index in [-0.39, 0.29) is 97.9 Å². The molecule has 4 N–H and O–H groups in total. The molecule has 0 fully saturated rings. The molecule has 0 aliphatic rings. The summed E-state index contributed by atoms with van der Waals surface area (Å²) in [6, 6.07) is 25.6. The van der Waals surface area contributed by atoms with Crippen LogP contribution in [0.5, 0.6) is 0 Å². The monoisotopic (exact) mass is 1420 g/mol. The van der Waals surface area contributed by atoms with Crippen LogP contribution >= 0.6 is 0 Å². The summed E-state index contributed by atoms with van der Waals surface area (Å²) >= 11 is 0. The molecule has 0 spiro atoms. The van der Waals surface area contributed by atoms with Gasteiger partial charge in [0.15, 0.2) is 0 Å². The van der Waals surface area contributed by atoms with E-state index in [4.69, 9.17) is 18.9 Å². The highest BCUT2D eigenvalue weighted by Gasteiger charge is 2.33.